The Bertz CT molecular complexity index is 249. The zero-order chi connectivity index (χ0) is 11.4. The molecule has 0 saturated heterocycles. The fourth-order valence-corrected chi connectivity index (χ4v) is 1.43. The molecule has 0 unspecified atom stereocenters. The third-order valence-corrected chi connectivity index (χ3v) is 2.52. The molecule has 0 spiro atoms. The van der Waals surface area contributed by atoms with E-state index < -0.39 is 11.8 Å². The molecule has 1 aliphatic rings. The molecule has 5 heteroatoms. The highest BCUT2D eigenvalue weighted by Crippen LogP contribution is 2.27. The summed E-state index contributed by atoms with van der Waals surface area (Å²) >= 11 is 0. The Morgan fingerprint density at radius 1 is 1.47 bits per heavy atom. The van der Waals surface area contributed by atoms with Crippen molar-refractivity contribution in [3.63, 3.8) is 0 Å². The van der Waals surface area contributed by atoms with Crippen LogP contribution < -0.4 is 11.3 Å². The Balaban J connectivity index is 2.49. The van der Waals surface area contributed by atoms with E-state index >= 15 is 0 Å². The van der Waals surface area contributed by atoms with Crippen molar-refractivity contribution in [2.45, 2.75) is 39.2 Å². The Kier molecular flexibility index (Phi) is 4.08. The van der Waals surface area contributed by atoms with E-state index in [0.717, 1.165) is 19.3 Å². The molecule has 0 radical (unpaired) electrons. The minimum Gasteiger partial charge on any atom is -0.331 e. The number of hydrogen-bond donors (Lipinski definition) is 2. The number of carbonyl (C=O) groups is 2. The van der Waals surface area contributed by atoms with Crippen LogP contribution in [-0.2, 0) is 9.59 Å². The lowest BCUT2D eigenvalue weighted by Gasteiger charge is -2.22. The fraction of sp³-hybridized carbons (Fsp3) is 0.800. The number of amides is 2. The number of nitrogens with two attached hydrogens (primary N) is 1. The van der Waals surface area contributed by atoms with Gasteiger partial charge in [-0.05, 0) is 25.2 Å². The predicted octanol–water partition coefficient (Wildman–Crippen LogP) is 0.0134. The van der Waals surface area contributed by atoms with Crippen molar-refractivity contribution in [2.24, 2.45) is 11.8 Å². The topological polar surface area (TPSA) is 75.4 Å². The summed E-state index contributed by atoms with van der Waals surface area (Å²) in [6.45, 7) is 4.84. The van der Waals surface area contributed by atoms with Gasteiger partial charge in [-0.2, -0.15) is 0 Å². The van der Waals surface area contributed by atoms with Gasteiger partial charge in [0.15, 0.2) is 0 Å². The maximum absolute atomic E-state index is 11.6. The molecule has 0 atom stereocenters. The summed E-state index contributed by atoms with van der Waals surface area (Å²) in [5.41, 5.74) is 1.89. The van der Waals surface area contributed by atoms with Crippen molar-refractivity contribution < 1.29 is 9.59 Å². The van der Waals surface area contributed by atoms with Gasteiger partial charge in [0, 0.05) is 12.6 Å². The van der Waals surface area contributed by atoms with Gasteiger partial charge in [-0.25, -0.2) is 5.84 Å². The first kappa shape index (κ1) is 12.0. The van der Waals surface area contributed by atoms with Gasteiger partial charge < -0.3 is 4.90 Å². The van der Waals surface area contributed by atoms with E-state index in [1.54, 1.807) is 4.90 Å². The molecule has 3 N–H and O–H groups in total. The van der Waals surface area contributed by atoms with Crippen LogP contribution in [0.5, 0.6) is 0 Å². The van der Waals surface area contributed by atoms with Gasteiger partial charge in [0.1, 0.15) is 0 Å². The Morgan fingerprint density at radius 3 is 2.47 bits per heavy atom. The lowest BCUT2D eigenvalue weighted by molar-refractivity contribution is -0.146. The number of hydrazine groups is 1. The Hall–Kier alpha value is -1.10. The SMILES string of the molecule is CC(C)CCN(C(=O)C(=O)NN)C1CC1. The molecule has 0 aromatic rings. The van der Waals surface area contributed by atoms with E-state index in [9.17, 15) is 9.59 Å². The molecule has 1 saturated carbocycles. The quantitative estimate of drug-likeness (QED) is 0.299. The van der Waals surface area contributed by atoms with Crippen LogP contribution in [0.1, 0.15) is 33.1 Å². The van der Waals surface area contributed by atoms with Gasteiger partial charge in [-0.3, -0.25) is 15.0 Å². The molecule has 0 aromatic heterocycles. The summed E-state index contributed by atoms with van der Waals surface area (Å²) < 4.78 is 0. The minimum atomic E-state index is -0.717. The monoisotopic (exact) mass is 213 g/mol. The van der Waals surface area contributed by atoms with Crippen LogP contribution in [0.15, 0.2) is 0 Å². The van der Waals surface area contributed by atoms with Gasteiger partial charge >= 0.3 is 11.8 Å². The summed E-state index contributed by atoms with van der Waals surface area (Å²) in [7, 11) is 0. The highest BCUT2D eigenvalue weighted by atomic mass is 16.2. The lowest BCUT2D eigenvalue weighted by atomic mass is 10.1. The molecule has 0 bridgehead atoms. The second-order valence-corrected chi connectivity index (χ2v) is 4.39. The maximum Gasteiger partial charge on any atom is 0.323 e. The van der Waals surface area contributed by atoms with E-state index in [0.29, 0.717) is 12.5 Å². The zero-order valence-corrected chi connectivity index (χ0v) is 9.32. The van der Waals surface area contributed by atoms with Crippen molar-refractivity contribution in [3.8, 4) is 0 Å². The lowest BCUT2D eigenvalue weighted by Crippen LogP contribution is -2.47. The highest BCUT2D eigenvalue weighted by Gasteiger charge is 2.34. The highest BCUT2D eigenvalue weighted by molar-refractivity contribution is 6.34. The van der Waals surface area contributed by atoms with Crippen LogP contribution in [0.4, 0.5) is 0 Å². The van der Waals surface area contributed by atoms with E-state index in [4.69, 9.17) is 5.84 Å². The average molecular weight is 213 g/mol. The maximum atomic E-state index is 11.6. The first-order chi connectivity index (χ1) is 7.06. The molecule has 1 aliphatic carbocycles. The molecule has 1 rings (SSSR count). The van der Waals surface area contributed by atoms with Crippen molar-refractivity contribution in [1.29, 1.82) is 0 Å². The largest absolute Gasteiger partial charge is 0.331 e. The Morgan fingerprint density at radius 2 is 2.07 bits per heavy atom. The number of nitrogens with one attached hydrogen (secondary N) is 1. The summed E-state index contributed by atoms with van der Waals surface area (Å²) in [4.78, 5) is 24.3. The van der Waals surface area contributed by atoms with Crippen molar-refractivity contribution >= 4 is 11.8 Å². The number of rotatable bonds is 4. The first-order valence-corrected chi connectivity index (χ1v) is 5.37. The molecular formula is C10H19N3O2. The van der Waals surface area contributed by atoms with Gasteiger partial charge in [-0.15, -0.1) is 0 Å². The van der Waals surface area contributed by atoms with E-state index in [1.807, 2.05) is 5.43 Å². The standard InChI is InChI=1S/C10H19N3O2/c1-7(2)5-6-13(8-3-4-8)10(15)9(14)12-11/h7-8H,3-6,11H2,1-2H3,(H,12,14). The molecule has 2 amide bonds. The molecule has 1 fully saturated rings. The van der Waals surface area contributed by atoms with Crippen LogP contribution in [0.3, 0.4) is 0 Å². The summed E-state index contributed by atoms with van der Waals surface area (Å²) in [5.74, 6) is 4.25. The second kappa shape index (κ2) is 5.11. The van der Waals surface area contributed by atoms with Gasteiger partial charge in [0.2, 0.25) is 0 Å². The van der Waals surface area contributed by atoms with Gasteiger partial charge in [0.05, 0.1) is 0 Å². The smallest absolute Gasteiger partial charge is 0.323 e. The zero-order valence-electron chi connectivity index (χ0n) is 9.32. The molecule has 5 nitrogen and oxygen atoms in total. The third kappa shape index (κ3) is 3.51. The van der Waals surface area contributed by atoms with Gasteiger partial charge in [0.25, 0.3) is 0 Å². The third-order valence-electron chi connectivity index (χ3n) is 2.52. The number of nitrogens with zero attached hydrogens (tertiary/aromatic N) is 1. The summed E-state index contributed by atoms with van der Waals surface area (Å²) in [5, 5.41) is 0. The average Bonchev–Trinajstić information content (AvgIpc) is 3.00. The van der Waals surface area contributed by atoms with Crippen molar-refractivity contribution in [3.05, 3.63) is 0 Å². The normalized spacial score (nSPS) is 15.2. The van der Waals surface area contributed by atoms with Crippen molar-refractivity contribution in [1.82, 2.24) is 10.3 Å². The minimum absolute atomic E-state index is 0.258. The molecule has 0 heterocycles. The fourth-order valence-electron chi connectivity index (χ4n) is 1.43. The van der Waals surface area contributed by atoms with E-state index in [-0.39, 0.29) is 6.04 Å². The van der Waals surface area contributed by atoms with Crippen LogP contribution in [0.2, 0.25) is 0 Å². The van der Waals surface area contributed by atoms with Crippen molar-refractivity contribution in [2.75, 3.05) is 6.54 Å². The molecule has 0 aliphatic heterocycles. The van der Waals surface area contributed by atoms with E-state index in [1.165, 1.54) is 0 Å². The first-order valence-electron chi connectivity index (χ1n) is 5.37. The molecular weight excluding hydrogens is 194 g/mol. The van der Waals surface area contributed by atoms with Crippen LogP contribution in [0, 0.1) is 5.92 Å². The predicted molar refractivity (Wildman–Crippen MR) is 56.5 cm³/mol. The summed E-state index contributed by atoms with van der Waals surface area (Å²) in [6, 6.07) is 0.258. The molecule has 86 valence electrons. The van der Waals surface area contributed by atoms with E-state index in [2.05, 4.69) is 13.8 Å². The van der Waals surface area contributed by atoms with Gasteiger partial charge in [-0.1, -0.05) is 13.8 Å². The number of hydrogen-bond acceptors (Lipinski definition) is 3. The summed E-state index contributed by atoms with van der Waals surface area (Å²) in [6.07, 6.45) is 2.92. The van der Waals surface area contributed by atoms with Crippen LogP contribution >= 0.6 is 0 Å². The molecule has 0 aromatic carbocycles. The van der Waals surface area contributed by atoms with Crippen LogP contribution in [0.25, 0.3) is 0 Å². The van der Waals surface area contributed by atoms with Crippen LogP contribution in [-0.4, -0.2) is 29.3 Å². The number of carbonyl (C=O) groups excluding carboxylic acids is 2. The second-order valence-electron chi connectivity index (χ2n) is 4.39. The Labute approximate surface area is 90.0 Å². The molecule has 15 heavy (non-hydrogen) atoms.